The Balaban J connectivity index is 3.10. The minimum Gasteiger partial charge on any atom is -0.493 e. The van der Waals surface area contributed by atoms with Crippen LogP contribution in [-0.2, 0) is 6.42 Å². The molecular weight excluding hydrogens is 158 g/mol. The van der Waals surface area contributed by atoms with E-state index in [4.69, 9.17) is 5.73 Å². The summed E-state index contributed by atoms with van der Waals surface area (Å²) in [6.45, 7) is 1.93. The first kappa shape index (κ1) is 8.58. The highest BCUT2D eigenvalue weighted by Crippen LogP contribution is 2.24. The lowest BCUT2D eigenvalue weighted by molar-refractivity contribution is 0.410. The Bertz CT molecular complexity index is 265. The van der Waals surface area contributed by atoms with Gasteiger partial charge in [-0.2, -0.15) is 9.97 Å². The summed E-state index contributed by atoms with van der Waals surface area (Å²) in [6.07, 6.45) is 1.34. The Morgan fingerprint density at radius 3 is 2.17 bits per heavy atom. The van der Waals surface area contributed by atoms with E-state index in [0.717, 1.165) is 6.42 Å². The van der Waals surface area contributed by atoms with Crippen LogP contribution in [0, 0.1) is 0 Å². The summed E-state index contributed by atoms with van der Waals surface area (Å²) in [7, 11) is 0. The largest absolute Gasteiger partial charge is 0.493 e. The van der Waals surface area contributed by atoms with Crippen LogP contribution in [0.4, 0.5) is 5.95 Å². The highest BCUT2D eigenvalue weighted by Gasteiger charge is 2.10. The first-order valence-electron chi connectivity index (χ1n) is 3.69. The van der Waals surface area contributed by atoms with E-state index in [0.29, 0.717) is 12.0 Å². The number of aromatic nitrogens is 2. The minimum atomic E-state index is -0.234. The van der Waals surface area contributed by atoms with Gasteiger partial charge in [-0.15, -0.1) is 0 Å². The molecule has 0 bridgehead atoms. The number of hydrogen-bond acceptors (Lipinski definition) is 5. The van der Waals surface area contributed by atoms with Crippen LogP contribution in [0.3, 0.4) is 0 Å². The molecule has 0 saturated heterocycles. The molecule has 0 atom stereocenters. The average Bonchev–Trinajstić information content (AvgIpc) is 1.96. The molecule has 0 fully saturated rings. The summed E-state index contributed by atoms with van der Waals surface area (Å²) in [5.74, 6) is -0.589. The minimum absolute atomic E-state index is 0.121. The third kappa shape index (κ3) is 1.55. The van der Waals surface area contributed by atoms with Crippen LogP contribution in [-0.4, -0.2) is 20.2 Å². The van der Waals surface area contributed by atoms with Gasteiger partial charge in [0.05, 0.1) is 5.56 Å². The molecule has 66 valence electrons. The molecule has 0 aliphatic heterocycles. The molecule has 5 nitrogen and oxygen atoms in total. The molecule has 12 heavy (non-hydrogen) atoms. The summed E-state index contributed by atoms with van der Waals surface area (Å²) < 4.78 is 0. The molecule has 4 N–H and O–H groups in total. The fraction of sp³-hybridized carbons (Fsp3) is 0.429. The van der Waals surface area contributed by atoms with E-state index in [1.165, 1.54) is 0 Å². The van der Waals surface area contributed by atoms with Crippen molar-refractivity contribution in [2.24, 2.45) is 0 Å². The molecule has 1 rings (SSSR count). The van der Waals surface area contributed by atoms with Crippen LogP contribution in [0.15, 0.2) is 0 Å². The zero-order chi connectivity index (χ0) is 9.14. The zero-order valence-corrected chi connectivity index (χ0v) is 6.78. The maximum Gasteiger partial charge on any atom is 0.226 e. The summed E-state index contributed by atoms with van der Waals surface area (Å²) in [5, 5.41) is 18.4. The molecule has 0 aliphatic rings. The number of rotatable bonds is 2. The predicted molar refractivity (Wildman–Crippen MR) is 43.8 cm³/mol. The van der Waals surface area contributed by atoms with E-state index in [2.05, 4.69) is 9.97 Å². The van der Waals surface area contributed by atoms with Crippen molar-refractivity contribution >= 4 is 5.95 Å². The molecule has 0 saturated carbocycles. The third-order valence-corrected chi connectivity index (χ3v) is 1.48. The van der Waals surface area contributed by atoms with E-state index in [-0.39, 0.29) is 17.7 Å². The first-order valence-corrected chi connectivity index (χ1v) is 3.69. The molecular formula is C7H11N3O2. The molecule has 0 aromatic carbocycles. The highest BCUT2D eigenvalue weighted by molar-refractivity contribution is 5.38. The van der Waals surface area contributed by atoms with Gasteiger partial charge in [0.15, 0.2) is 0 Å². The normalized spacial score (nSPS) is 10.1. The lowest BCUT2D eigenvalue weighted by atomic mass is 10.2. The quantitative estimate of drug-likeness (QED) is 0.596. The van der Waals surface area contributed by atoms with Gasteiger partial charge < -0.3 is 15.9 Å². The Labute approximate surface area is 69.9 Å². The van der Waals surface area contributed by atoms with Gasteiger partial charge in [-0.3, -0.25) is 0 Å². The number of nitrogen functional groups attached to an aromatic ring is 1. The Morgan fingerprint density at radius 1 is 1.25 bits per heavy atom. The number of nitrogens with zero attached hydrogens (tertiary/aromatic N) is 2. The van der Waals surface area contributed by atoms with Crippen molar-refractivity contribution in [1.82, 2.24) is 9.97 Å². The molecule has 0 spiro atoms. The molecule has 1 aromatic heterocycles. The van der Waals surface area contributed by atoms with Crippen molar-refractivity contribution < 1.29 is 10.2 Å². The van der Waals surface area contributed by atoms with Gasteiger partial charge in [-0.25, -0.2) is 0 Å². The summed E-state index contributed by atoms with van der Waals surface area (Å²) in [4.78, 5) is 7.03. The van der Waals surface area contributed by atoms with Gasteiger partial charge in [0.25, 0.3) is 0 Å². The molecule has 0 amide bonds. The molecule has 0 aliphatic carbocycles. The monoisotopic (exact) mass is 169 g/mol. The zero-order valence-electron chi connectivity index (χ0n) is 6.78. The smallest absolute Gasteiger partial charge is 0.226 e. The van der Waals surface area contributed by atoms with Crippen LogP contribution in [0.25, 0.3) is 0 Å². The van der Waals surface area contributed by atoms with Gasteiger partial charge in [-0.1, -0.05) is 13.3 Å². The van der Waals surface area contributed by atoms with Gasteiger partial charge >= 0.3 is 0 Å². The SMILES string of the molecule is CCCc1c(O)nc(N)nc1O. The second-order valence-corrected chi connectivity index (χ2v) is 2.46. The highest BCUT2D eigenvalue weighted by atomic mass is 16.3. The Hall–Kier alpha value is -1.52. The molecule has 0 unspecified atom stereocenters. The molecule has 1 heterocycles. The van der Waals surface area contributed by atoms with E-state index in [9.17, 15) is 10.2 Å². The lowest BCUT2D eigenvalue weighted by Gasteiger charge is -2.03. The topological polar surface area (TPSA) is 92.3 Å². The summed E-state index contributed by atoms with van der Waals surface area (Å²) >= 11 is 0. The standard InChI is InChI=1S/C7H11N3O2/c1-2-3-4-5(11)9-7(8)10-6(4)12/h2-3H2,1H3,(H4,8,9,10,11,12). The lowest BCUT2D eigenvalue weighted by Crippen LogP contribution is -1.98. The van der Waals surface area contributed by atoms with Gasteiger partial charge in [0.2, 0.25) is 17.7 Å². The summed E-state index contributed by atoms with van der Waals surface area (Å²) in [5.41, 5.74) is 5.54. The van der Waals surface area contributed by atoms with E-state index < -0.39 is 0 Å². The second-order valence-electron chi connectivity index (χ2n) is 2.46. The van der Waals surface area contributed by atoms with Gasteiger partial charge in [0.1, 0.15) is 0 Å². The van der Waals surface area contributed by atoms with Gasteiger partial charge in [-0.05, 0) is 6.42 Å². The fourth-order valence-corrected chi connectivity index (χ4v) is 0.951. The van der Waals surface area contributed by atoms with E-state index >= 15 is 0 Å². The number of aromatic hydroxyl groups is 2. The molecule has 0 radical (unpaired) electrons. The van der Waals surface area contributed by atoms with Crippen molar-refractivity contribution in [3.63, 3.8) is 0 Å². The Kier molecular flexibility index (Phi) is 2.32. The van der Waals surface area contributed by atoms with Crippen molar-refractivity contribution in [1.29, 1.82) is 0 Å². The summed E-state index contributed by atoms with van der Waals surface area (Å²) in [6, 6.07) is 0. The Morgan fingerprint density at radius 2 is 1.75 bits per heavy atom. The van der Waals surface area contributed by atoms with Gasteiger partial charge in [0, 0.05) is 0 Å². The van der Waals surface area contributed by atoms with Crippen LogP contribution in [0.2, 0.25) is 0 Å². The fourth-order valence-electron chi connectivity index (χ4n) is 0.951. The maximum absolute atomic E-state index is 9.21. The third-order valence-electron chi connectivity index (χ3n) is 1.48. The number of nitrogens with two attached hydrogens (primary N) is 1. The predicted octanol–water partition coefficient (Wildman–Crippen LogP) is 0.422. The van der Waals surface area contributed by atoms with Crippen molar-refractivity contribution in [2.75, 3.05) is 5.73 Å². The van der Waals surface area contributed by atoms with Crippen LogP contribution < -0.4 is 5.73 Å². The molecule has 1 aromatic rings. The van der Waals surface area contributed by atoms with E-state index in [1.807, 2.05) is 6.92 Å². The average molecular weight is 169 g/mol. The molecule has 5 heteroatoms. The first-order chi connectivity index (χ1) is 5.65. The van der Waals surface area contributed by atoms with Crippen molar-refractivity contribution in [3.05, 3.63) is 5.56 Å². The van der Waals surface area contributed by atoms with Crippen molar-refractivity contribution in [2.45, 2.75) is 19.8 Å². The van der Waals surface area contributed by atoms with E-state index in [1.54, 1.807) is 0 Å². The number of hydrogen-bond donors (Lipinski definition) is 3. The maximum atomic E-state index is 9.21. The van der Waals surface area contributed by atoms with Crippen molar-refractivity contribution in [3.8, 4) is 11.8 Å². The van der Waals surface area contributed by atoms with Crippen LogP contribution in [0.1, 0.15) is 18.9 Å². The van der Waals surface area contributed by atoms with Crippen LogP contribution in [0.5, 0.6) is 11.8 Å². The second kappa shape index (κ2) is 3.25. The van der Waals surface area contributed by atoms with Crippen LogP contribution >= 0.6 is 0 Å². The number of anilines is 1.